The van der Waals surface area contributed by atoms with Gasteiger partial charge in [0.05, 0.1) is 17.4 Å². The quantitative estimate of drug-likeness (QED) is 0.862. The van der Waals surface area contributed by atoms with Crippen LogP contribution in [0, 0.1) is 5.82 Å². The SMILES string of the molecule is O=C(CCn1cc(C(=O)O)cn1)Nc1ccc(Br)cc1F. The van der Waals surface area contributed by atoms with Crippen LogP contribution in [0.25, 0.3) is 0 Å². The number of carboxylic acid groups (broad SMARTS) is 1. The third-order valence-corrected chi connectivity index (χ3v) is 3.15. The molecular formula is C13H11BrFN3O3. The van der Waals surface area contributed by atoms with E-state index in [1.54, 1.807) is 6.07 Å². The molecule has 8 heteroatoms. The summed E-state index contributed by atoms with van der Waals surface area (Å²) in [6.07, 6.45) is 2.58. The number of carbonyl (C=O) groups is 2. The van der Waals surface area contributed by atoms with E-state index < -0.39 is 11.8 Å². The van der Waals surface area contributed by atoms with Crippen LogP contribution in [0.4, 0.5) is 10.1 Å². The van der Waals surface area contributed by atoms with Crippen LogP contribution in [0.3, 0.4) is 0 Å². The molecule has 110 valence electrons. The molecule has 0 fully saturated rings. The molecule has 2 N–H and O–H groups in total. The summed E-state index contributed by atoms with van der Waals surface area (Å²) >= 11 is 3.13. The molecule has 0 radical (unpaired) electrons. The fourth-order valence-electron chi connectivity index (χ4n) is 1.62. The minimum absolute atomic E-state index is 0.0503. The Balaban J connectivity index is 1.91. The second-order valence-corrected chi connectivity index (χ2v) is 5.14. The lowest BCUT2D eigenvalue weighted by Gasteiger charge is -2.06. The average molecular weight is 356 g/mol. The van der Waals surface area contributed by atoms with Gasteiger partial charge in [0.25, 0.3) is 0 Å². The molecule has 6 nitrogen and oxygen atoms in total. The number of hydrogen-bond donors (Lipinski definition) is 2. The maximum atomic E-state index is 13.5. The lowest BCUT2D eigenvalue weighted by molar-refractivity contribution is -0.116. The van der Waals surface area contributed by atoms with Crippen LogP contribution in [0.1, 0.15) is 16.8 Å². The number of nitrogens with zero attached hydrogens (tertiary/aromatic N) is 2. The first-order chi connectivity index (χ1) is 9.95. The summed E-state index contributed by atoms with van der Waals surface area (Å²) in [6.45, 7) is 0.206. The Hall–Kier alpha value is -2.22. The van der Waals surface area contributed by atoms with Crippen molar-refractivity contribution in [1.29, 1.82) is 0 Å². The highest BCUT2D eigenvalue weighted by molar-refractivity contribution is 9.10. The molecule has 0 spiro atoms. The van der Waals surface area contributed by atoms with Gasteiger partial charge in [0.15, 0.2) is 0 Å². The number of nitrogens with one attached hydrogen (secondary N) is 1. The first-order valence-electron chi connectivity index (χ1n) is 5.96. The molecule has 0 saturated heterocycles. The van der Waals surface area contributed by atoms with E-state index in [9.17, 15) is 14.0 Å². The van der Waals surface area contributed by atoms with Crippen molar-refractivity contribution in [3.05, 3.63) is 46.4 Å². The normalized spacial score (nSPS) is 10.4. The Bertz CT molecular complexity index is 687. The average Bonchev–Trinajstić information content (AvgIpc) is 2.89. The molecule has 0 saturated carbocycles. The number of carbonyl (C=O) groups excluding carboxylic acids is 1. The molecule has 0 bridgehead atoms. The van der Waals surface area contributed by atoms with E-state index in [1.165, 1.54) is 29.2 Å². The summed E-state index contributed by atoms with van der Waals surface area (Å²) in [4.78, 5) is 22.4. The van der Waals surface area contributed by atoms with Gasteiger partial charge in [-0.3, -0.25) is 9.48 Å². The van der Waals surface area contributed by atoms with Gasteiger partial charge in [0.1, 0.15) is 5.82 Å². The van der Waals surface area contributed by atoms with Gasteiger partial charge < -0.3 is 10.4 Å². The predicted molar refractivity (Wildman–Crippen MR) is 76.5 cm³/mol. The third-order valence-electron chi connectivity index (χ3n) is 2.65. The molecule has 2 rings (SSSR count). The third kappa shape index (κ3) is 4.12. The smallest absolute Gasteiger partial charge is 0.338 e. The summed E-state index contributed by atoms with van der Waals surface area (Å²) in [5.74, 6) is -2.00. The Morgan fingerprint density at radius 1 is 1.43 bits per heavy atom. The molecular weight excluding hydrogens is 345 g/mol. The number of aryl methyl sites for hydroxylation is 1. The largest absolute Gasteiger partial charge is 0.478 e. The lowest BCUT2D eigenvalue weighted by Crippen LogP contribution is -2.15. The molecule has 0 unspecified atom stereocenters. The van der Waals surface area contributed by atoms with Crippen LogP contribution < -0.4 is 5.32 Å². The van der Waals surface area contributed by atoms with Crippen molar-refractivity contribution in [3.8, 4) is 0 Å². The van der Waals surface area contributed by atoms with E-state index in [2.05, 4.69) is 26.3 Å². The maximum absolute atomic E-state index is 13.5. The Labute approximate surface area is 127 Å². The molecule has 1 heterocycles. The minimum Gasteiger partial charge on any atom is -0.478 e. The van der Waals surface area contributed by atoms with Crippen LogP contribution in [0.5, 0.6) is 0 Å². The van der Waals surface area contributed by atoms with Crippen LogP contribution in [-0.4, -0.2) is 26.8 Å². The van der Waals surface area contributed by atoms with Crippen LogP contribution in [0.2, 0.25) is 0 Å². The molecule has 0 aliphatic heterocycles. The summed E-state index contributed by atoms with van der Waals surface area (Å²) in [6, 6.07) is 4.32. The number of anilines is 1. The number of rotatable bonds is 5. The van der Waals surface area contributed by atoms with Gasteiger partial charge in [-0.25, -0.2) is 9.18 Å². The van der Waals surface area contributed by atoms with Crippen molar-refractivity contribution in [3.63, 3.8) is 0 Å². The van der Waals surface area contributed by atoms with Gasteiger partial charge in [0.2, 0.25) is 5.91 Å². The fraction of sp³-hybridized carbons (Fsp3) is 0.154. The van der Waals surface area contributed by atoms with E-state index in [0.29, 0.717) is 4.47 Å². The van der Waals surface area contributed by atoms with Crippen LogP contribution >= 0.6 is 15.9 Å². The zero-order chi connectivity index (χ0) is 15.4. The second-order valence-electron chi connectivity index (χ2n) is 4.22. The maximum Gasteiger partial charge on any atom is 0.338 e. The van der Waals surface area contributed by atoms with Gasteiger partial charge in [0, 0.05) is 23.6 Å². The Morgan fingerprint density at radius 3 is 2.81 bits per heavy atom. The molecule has 2 aromatic rings. The lowest BCUT2D eigenvalue weighted by atomic mass is 10.3. The highest BCUT2D eigenvalue weighted by Crippen LogP contribution is 2.19. The van der Waals surface area contributed by atoms with E-state index in [-0.39, 0.29) is 30.1 Å². The number of carboxylic acids is 1. The molecule has 1 aromatic carbocycles. The molecule has 0 aliphatic rings. The predicted octanol–water partition coefficient (Wildman–Crippen LogP) is 2.51. The minimum atomic E-state index is -1.08. The Kier molecular flexibility index (Phi) is 4.69. The van der Waals surface area contributed by atoms with Crippen molar-refractivity contribution in [1.82, 2.24) is 9.78 Å². The fourth-order valence-corrected chi connectivity index (χ4v) is 1.95. The van der Waals surface area contributed by atoms with Gasteiger partial charge in [-0.1, -0.05) is 15.9 Å². The first kappa shape index (κ1) is 15.2. The number of aromatic carboxylic acids is 1. The monoisotopic (exact) mass is 355 g/mol. The van der Waals surface area contributed by atoms with Crippen LogP contribution in [0.15, 0.2) is 35.1 Å². The zero-order valence-electron chi connectivity index (χ0n) is 10.7. The van der Waals surface area contributed by atoms with E-state index in [1.807, 2.05) is 0 Å². The van der Waals surface area contributed by atoms with Gasteiger partial charge in [-0.05, 0) is 18.2 Å². The summed E-state index contributed by atoms with van der Waals surface area (Å²) in [7, 11) is 0. The van der Waals surface area contributed by atoms with E-state index in [0.717, 1.165) is 0 Å². The van der Waals surface area contributed by atoms with Gasteiger partial charge in [-0.2, -0.15) is 5.10 Å². The zero-order valence-corrected chi connectivity index (χ0v) is 12.3. The molecule has 1 amide bonds. The van der Waals surface area contributed by atoms with E-state index >= 15 is 0 Å². The molecule has 1 aromatic heterocycles. The van der Waals surface area contributed by atoms with E-state index in [4.69, 9.17) is 5.11 Å². The number of halogens is 2. The molecule has 0 aliphatic carbocycles. The summed E-state index contributed by atoms with van der Waals surface area (Å²) in [5, 5.41) is 15.0. The van der Waals surface area contributed by atoms with Gasteiger partial charge in [-0.15, -0.1) is 0 Å². The Morgan fingerprint density at radius 2 is 2.19 bits per heavy atom. The van der Waals surface area contributed by atoms with Crippen molar-refractivity contribution in [2.24, 2.45) is 0 Å². The first-order valence-corrected chi connectivity index (χ1v) is 6.75. The topological polar surface area (TPSA) is 84.2 Å². The highest BCUT2D eigenvalue weighted by Gasteiger charge is 2.09. The number of hydrogen-bond acceptors (Lipinski definition) is 3. The second kappa shape index (κ2) is 6.49. The molecule has 21 heavy (non-hydrogen) atoms. The van der Waals surface area contributed by atoms with Crippen molar-refractivity contribution < 1.29 is 19.1 Å². The van der Waals surface area contributed by atoms with Crippen LogP contribution in [-0.2, 0) is 11.3 Å². The summed E-state index contributed by atoms with van der Waals surface area (Å²) in [5.41, 5.74) is 0.143. The number of benzene rings is 1. The number of amides is 1. The number of aromatic nitrogens is 2. The van der Waals surface area contributed by atoms with Crippen molar-refractivity contribution >= 4 is 33.5 Å². The highest BCUT2D eigenvalue weighted by atomic mass is 79.9. The van der Waals surface area contributed by atoms with Gasteiger partial charge >= 0.3 is 5.97 Å². The van der Waals surface area contributed by atoms with Crippen molar-refractivity contribution in [2.75, 3.05) is 5.32 Å². The standard InChI is InChI=1S/C13H11BrFN3O3/c14-9-1-2-11(10(15)5-9)17-12(19)3-4-18-7-8(6-16-18)13(20)21/h1-2,5-7H,3-4H2,(H,17,19)(H,20,21). The summed E-state index contributed by atoms with van der Waals surface area (Å²) < 4.78 is 15.5. The van der Waals surface area contributed by atoms with Crippen molar-refractivity contribution in [2.45, 2.75) is 13.0 Å². The molecule has 0 atom stereocenters.